The molecule has 30 heavy (non-hydrogen) atoms. The summed E-state index contributed by atoms with van der Waals surface area (Å²) in [5.41, 5.74) is -0.402. The number of ether oxygens (including phenoxy) is 1. The fraction of sp³-hybridized carbons (Fsp3) is 0.900. The Hall–Kier alpha value is -0.610. The van der Waals surface area contributed by atoms with Crippen molar-refractivity contribution in [2.45, 2.75) is 85.6 Å². The molecule has 10 heteroatoms. The molecule has 4 N–H and O–H groups in total. The molecule has 170 valence electrons. The molecule has 2 bridgehead atoms. The quantitative estimate of drug-likeness (QED) is 0.403. The van der Waals surface area contributed by atoms with Gasteiger partial charge in [-0.3, -0.25) is 14.9 Å². The van der Waals surface area contributed by atoms with Crippen molar-refractivity contribution < 1.29 is 18.7 Å². The van der Waals surface area contributed by atoms with Crippen LogP contribution in [0.2, 0.25) is 0 Å². The smallest absolute Gasteiger partial charge is 0.246 e. The summed E-state index contributed by atoms with van der Waals surface area (Å²) < 4.78 is 19.3. The summed E-state index contributed by atoms with van der Waals surface area (Å²) in [5.74, 6) is 0.865. The van der Waals surface area contributed by atoms with Gasteiger partial charge in [-0.2, -0.15) is 0 Å². The monoisotopic (exact) mass is 462 g/mol. The predicted molar refractivity (Wildman–Crippen MR) is 115 cm³/mol. The van der Waals surface area contributed by atoms with E-state index < -0.39 is 11.5 Å². The first-order chi connectivity index (χ1) is 14.3. The van der Waals surface area contributed by atoms with Crippen molar-refractivity contribution in [3.63, 3.8) is 0 Å². The van der Waals surface area contributed by atoms with Gasteiger partial charge in [-0.1, -0.05) is 6.92 Å². The van der Waals surface area contributed by atoms with Crippen LogP contribution in [0.3, 0.4) is 0 Å². The van der Waals surface area contributed by atoms with E-state index in [9.17, 15) is 14.0 Å². The maximum Gasteiger partial charge on any atom is 0.246 e. The molecule has 0 radical (unpaired) electrons. The molecule has 0 aromatic heterocycles. The molecule has 0 spiro atoms. The molecule has 5 aliphatic rings. The third kappa shape index (κ3) is 4.90. The van der Waals surface area contributed by atoms with Gasteiger partial charge >= 0.3 is 0 Å². The summed E-state index contributed by atoms with van der Waals surface area (Å²) >= 11 is 7.69. The van der Waals surface area contributed by atoms with Crippen LogP contribution in [0.5, 0.6) is 0 Å². The highest BCUT2D eigenvalue weighted by Gasteiger charge is 2.69. The van der Waals surface area contributed by atoms with Crippen LogP contribution < -0.4 is 21.3 Å². The molecule has 2 amide bonds. The molecule has 7 nitrogen and oxygen atoms in total. The summed E-state index contributed by atoms with van der Waals surface area (Å²) in [6, 6.07) is -0.224. The van der Waals surface area contributed by atoms with Crippen LogP contribution in [0.15, 0.2) is 0 Å². The predicted octanol–water partition coefficient (Wildman–Crippen LogP) is 1.05. The summed E-state index contributed by atoms with van der Waals surface area (Å²) in [5, 5.41) is 12.8. The number of piperazine rings is 1. The SMILES string of the molecule is CCSC1CNCC(C(=O)NC23CC(NC(=O)COC4CCC(Cl)C(F)C4)(C2)C3)N1. The van der Waals surface area contributed by atoms with E-state index in [1.807, 2.05) is 0 Å². The van der Waals surface area contributed by atoms with Gasteiger partial charge in [0.2, 0.25) is 11.8 Å². The van der Waals surface area contributed by atoms with Crippen molar-refractivity contribution in [3.05, 3.63) is 0 Å². The van der Waals surface area contributed by atoms with E-state index in [1.54, 1.807) is 11.8 Å². The van der Waals surface area contributed by atoms with Gasteiger partial charge in [-0.25, -0.2) is 4.39 Å². The second-order valence-electron chi connectivity index (χ2n) is 9.23. The van der Waals surface area contributed by atoms with Crippen LogP contribution in [0.1, 0.15) is 45.4 Å². The van der Waals surface area contributed by atoms with Gasteiger partial charge in [0.05, 0.1) is 16.9 Å². The molecular weight excluding hydrogens is 431 g/mol. The van der Waals surface area contributed by atoms with Gasteiger partial charge in [-0.05, 0) is 37.9 Å². The molecule has 4 aliphatic carbocycles. The number of hydrogen-bond donors (Lipinski definition) is 4. The Labute approximate surface area is 186 Å². The lowest BCUT2D eigenvalue weighted by molar-refractivity contribution is -0.154. The van der Waals surface area contributed by atoms with Crippen LogP contribution in [0, 0.1) is 0 Å². The van der Waals surface area contributed by atoms with Gasteiger partial charge in [0.15, 0.2) is 0 Å². The number of thioether (sulfide) groups is 1. The Morgan fingerprint density at radius 3 is 2.63 bits per heavy atom. The molecule has 5 fully saturated rings. The van der Waals surface area contributed by atoms with E-state index in [2.05, 4.69) is 28.2 Å². The van der Waals surface area contributed by atoms with Crippen molar-refractivity contribution in [1.29, 1.82) is 0 Å². The lowest BCUT2D eigenvalue weighted by atomic mass is 9.44. The first-order valence-corrected chi connectivity index (χ1v) is 12.4. The van der Waals surface area contributed by atoms with Crippen LogP contribution in [-0.4, -0.2) is 77.4 Å². The molecule has 5 unspecified atom stereocenters. The number of nitrogens with one attached hydrogen (secondary N) is 4. The average Bonchev–Trinajstić information content (AvgIpc) is 2.66. The van der Waals surface area contributed by atoms with Crippen molar-refractivity contribution in [3.8, 4) is 0 Å². The average molecular weight is 463 g/mol. The lowest BCUT2D eigenvalue weighted by Crippen LogP contribution is -2.84. The fourth-order valence-corrected chi connectivity index (χ4v) is 6.43. The molecule has 4 saturated carbocycles. The highest BCUT2D eigenvalue weighted by Crippen LogP contribution is 2.60. The zero-order valence-corrected chi connectivity index (χ0v) is 18.9. The number of hydrogen-bond acceptors (Lipinski definition) is 6. The second kappa shape index (κ2) is 9.10. The van der Waals surface area contributed by atoms with Crippen molar-refractivity contribution in [1.82, 2.24) is 21.3 Å². The standard InChI is InChI=1S/C20H32ClFN4O3S/c1-2-30-17-7-23-6-15(24-17)18(28)26-20-9-19(10-20,11-20)25-16(27)8-29-12-3-4-13(21)14(22)5-12/h12-15,17,23-24H,2-11H2,1H3,(H,25,27)(H,26,28). The highest BCUT2D eigenvalue weighted by molar-refractivity contribution is 7.99. The van der Waals surface area contributed by atoms with Crippen molar-refractivity contribution >= 4 is 35.2 Å². The number of carbonyl (C=O) groups is 2. The molecule has 1 heterocycles. The second-order valence-corrected chi connectivity index (χ2v) is 11.3. The normalized spacial score (nSPS) is 42.6. The maximum absolute atomic E-state index is 13.7. The Bertz CT molecular complexity index is 650. The van der Waals surface area contributed by atoms with Gasteiger partial charge in [-0.15, -0.1) is 23.4 Å². The van der Waals surface area contributed by atoms with E-state index in [1.165, 1.54) is 0 Å². The number of carbonyl (C=O) groups excluding carboxylic acids is 2. The van der Waals surface area contributed by atoms with Gasteiger partial charge in [0.1, 0.15) is 18.8 Å². The largest absolute Gasteiger partial charge is 0.368 e. The Kier molecular flexibility index (Phi) is 6.85. The molecular formula is C20H32ClFN4O3S. The first kappa shape index (κ1) is 22.6. The summed E-state index contributed by atoms with van der Waals surface area (Å²) in [6.07, 6.45) is 2.47. The van der Waals surface area contributed by atoms with Crippen molar-refractivity contribution in [2.75, 3.05) is 25.4 Å². The Morgan fingerprint density at radius 1 is 1.20 bits per heavy atom. The topological polar surface area (TPSA) is 91.5 Å². The van der Waals surface area contributed by atoms with Crippen molar-refractivity contribution in [2.24, 2.45) is 0 Å². The van der Waals surface area contributed by atoms with Crippen LogP contribution >= 0.6 is 23.4 Å². The zero-order valence-electron chi connectivity index (χ0n) is 17.3. The summed E-state index contributed by atoms with van der Waals surface area (Å²) in [4.78, 5) is 24.9. The number of halogens is 2. The molecule has 5 rings (SSSR count). The van der Waals surface area contributed by atoms with Crippen LogP contribution in [0.4, 0.5) is 4.39 Å². The lowest BCUT2D eigenvalue weighted by Gasteiger charge is -2.70. The third-order valence-electron chi connectivity index (χ3n) is 6.67. The fourth-order valence-electron chi connectivity index (χ4n) is 5.30. The minimum atomic E-state index is -1.07. The highest BCUT2D eigenvalue weighted by atomic mass is 35.5. The zero-order chi connectivity index (χ0) is 21.4. The molecule has 0 aromatic carbocycles. The summed E-state index contributed by atoms with van der Waals surface area (Å²) in [6.45, 7) is 3.55. The van der Waals surface area contributed by atoms with E-state index in [0.29, 0.717) is 19.4 Å². The van der Waals surface area contributed by atoms with E-state index in [-0.39, 0.29) is 53.4 Å². The Morgan fingerprint density at radius 2 is 1.93 bits per heavy atom. The van der Waals surface area contributed by atoms with E-state index in [4.69, 9.17) is 16.3 Å². The maximum atomic E-state index is 13.7. The first-order valence-electron chi connectivity index (χ1n) is 10.9. The Balaban J connectivity index is 1.15. The molecule has 0 aromatic rings. The van der Waals surface area contributed by atoms with Gasteiger partial charge in [0, 0.05) is 30.6 Å². The number of rotatable bonds is 8. The van der Waals surface area contributed by atoms with Crippen LogP contribution in [-0.2, 0) is 14.3 Å². The summed E-state index contributed by atoms with van der Waals surface area (Å²) in [7, 11) is 0. The van der Waals surface area contributed by atoms with Gasteiger partial charge < -0.3 is 20.7 Å². The van der Waals surface area contributed by atoms with Gasteiger partial charge in [0.25, 0.3) is 0 Å². The van der Waals surface area contributed by atoms with Crippen LogP contribution in [0.25, 0.3) is 0 Å². The van der Waals surface area contributed by atoms with E-state index >= 15 is 0 Å². The molecule has 1 aliphatic heterocycles. The number of amides is 2. The number of alkyl halides is 2. The molecule has 1 saturated heterocycles. The minimum absolute atomic E-state index is 0.0301. The van der Waals surface area contributed by atoms with E-state index in [0.717, 1.165) is 31.6 Å². The molecule has 5 atom stereocenters. The minimum Gasteiger partial charge on any atom is -0.368 e. The third-order valence-corrected chi connectivity index (χ3v) is 8.20.